The normalized spacial score (nSPS) is 22.4. The highest BCUT2D eigenvalue weighted by atomic mass is 16.5. The number of rotatable bonds is 9. The quantitative estimate of drug-likeness (QED) is 0.527. The van der Waals surface area contributed by atoms with E-state index in [0.717, 1.165) is 38.8 Å². The zero-order valence-electron chi connectivity index (χ0n) is 16.5. The molecule has 0 heterocycles. The summed E-state index contributed by atoms with van der Waals surface area (Å²) in [4.78, 5) is 25.7. The second kappa shape index (κ2) is 10.4. The van der Waals surface area contributed by atoms with Crippen LogP contribution in [0.2, 0.25) is 0 Å². The van der Waals surface area contributed by atoms with Crippen molar-refractivity contribution in [2.45, 2.75) is 63.1 Å². The molecule has 0 unspecified atom stereocenters. The lowest BCUT2D eigenvalue weighted by molar-refractivity contribution is -0.149. The zero-order valence-corrected chi connectivity index (χ0v) is 16.5. The zero-order chi connectivity index (χ0) is 19.7. The Morgan fingerprint density at radius 2 is 1.78 bits per heavy atom. The summed E-state index contributed by atoms with van der Waals surface area (Å²) in [5, 5.41) is 0. The van der Waals surface area contributed by atoms with Gasteiger partial charge in [0.25, 0.3) is 0 Å². The van der Waals surface area contributed by atoms with E-state index in [2.05, 4.69) is 17.0 Å². The van der Waals surface area contributed by atoms with Crippen LogP contribution in [0.1, 0.15) is 50.5 Å². The van der Waals surface area contributed by atoms with Crippen molar-refractivity contribution < 1.29 is 19.1 Å². The number of benzene rings is 1. The summed E-state index contributed by atoms with van der Waals surface area (Å²) in [5.74, 6) is -0.470. The molecule has 1 aromatic rings. The van der Waals surface area contributed by atoms with Crippen LogP contribution in [-0.2, 0) is 25.6 Å². The van der Waals surface area contributed by atoms with E-state index in [1.807, 2.05) is 18.2 Å². The highest BCUT2D eigenvalue weighted by Crippen LogP contribution is 2.31. The Balaban J connectivity index is 1.95. The van der Waals surface area contributed by atoms with E-state index in [0.29, 0.717) is 25.3 Å². The van der Waals surface area contributed by atoms with Gasteiger partial charge >= 0.3 is 11.9 Å². The van der Waals surface area contributed by atoms with Crippen LogP contribution in [0.5, 0.6) is 0 Å². The Kier molecular flexibility index (Phi) is 8.25. The fourth-order valence-corrected chi connectivity index (χ4v) is 3.79. The van der Waals surface area contributed by atoms with E-state index in [1.165, 1.54) is 19.8 Å². The van der Waals surface area contributed by atoms with Crippen molar-refractivity contribution in [2.24, 2.45) is 5.73 Å². The van der Waals surface area contributed by atoms with Gasteiger partial charge in [-0.25, -0.2) is 0 Å². The second-order valence-corrected chi connectivity index (χ2v) is 7.37. The third-order valence-electron chi connectivity index (χ3n) is 5.49. The van der Waals surface area contributed by atoms with Gasteiger partial charge in [-0.1, -0.05) is 30.3 Å². The predicted octanol–water partition coefficient (Wildman–Crippen LogP) is 2.65. The minimum atomic E-state index is -0.853. The molecule has 0 radical (unpaired) electrons. The number of methoxy groups -OCH3 is 2. The maximum atomic E-state index is 12.0. The van der Waals surface area contributed by atoms with Crippen molar-refractivity contribution in [1.29, 1.82) is 0 Å². The highest BCUT2D eigenvalue weighted by molar-refractivity contribution is 5.80. The smallest absolute Gasteiger partial charge is 0.325 e. The first-order valence-electron chi connectivity index (χ1n) is 9.70. The topological polar surface area (TPSA) is 81.9 Å². The average molecular weight is 376 g/mol. The second-order valence-electron chi connectivity index (χ2n) is 7.37. The number of carbonyl (C=O) groups excluding carboxylic acids is 2. The minimum absolute atomic E-state index is 0.159. The molecular formula is C21H32N2O4. The van der Waals surface area contributed by atoms with E-state index >= 15 is 0 Å². The van der Waals surface area contributed by atoms with Crippen molar-refractivity contribution in [1.82, 2.24) is 4.90 Å². The van der Waals surface area contributed by atoms with E-state index in [9.17, 15) is 9.59 Å². The molecule has 1 aromatic carbocycles. The number of unbranched alkanes of at least 4 members (excludes halogenated alkanes) is 1. The van der Waals surface area contributed by atoms with Gasteiger partial charge in [-0.3, -0.25) is 14.5 Å². The Labute approximate surface area is 162 Å². The van der Waals surface area contributed by atoms with Gasteiger partial charge in [0.2, 0.25) is 0 Å². The van der Waals surface area contributed by atoms with Gasteiger partial charge in [-0.15, -0.1) is 0 Å². The Morgan fingerprint density at radius 1 is 1.11 bits per heavy atom. The van der Waals surface area contributed by atoms with Crippen LogP contribution in [0.25, 0.3) is 0 Å². The van der Waals surface area contributed by atoms with Crippen LogP contribution >= 0.6 is 0 Å². The van der Waals surface area contributed by atoms with Gasteiger partial charge in [0.05, 0.1) is 14.2 Å². The summed E-state index contributed by atoms with van der Waals surface area (Å²) in [5.41, 5.74) is 6.67. The molecule has 2 rings (SSSR count). The highest BCUT2D eigenvalue weighted by Gasteiger charge is 2.40. The largest absolute Gasteiger partial charge is 0.469 e. The Hall–Kier alpha value is -1.92. The summed E-state index contributed by atoms with van der Waals surface area (Å²) in [6, 6.07) is 10.8. The maximum Gasteiger partial charge on any atom is 0.325 e. The average Bonchev–Trinajstić information content (AvgIpc) is 2.70. The van der Waals surface area contributed by atoms with E-state index in [1.54, 1.807) is 0 Å². The number of hydrogen-bond donors (Lipinski definition) is 1. The number of carbonyl (C=O) groups is 2. The third-order valence-corrected chi connectivity index (χ3v) is 5.49. The van der Waals surface area contributed by atoms with Crippen LogP contribution in [0, 0.1) is 0 Å². The monoisotopic (exact) mass is 376 g/mol. The van der Waals surface area contributed by atoms with Gasteiger partial charge in [0.1, 0.15) is 5.54 Å². The van der Waals surface area contributed by atoms with Crippen LogP contribution in [-0.4, -0.2) is 49.2 Å². The van der Waals surface area contributed by atoms with Crippen molar-refractivity contribution >= 4 is 11.9 Å². The van der Waals surface area contributed by atoms with Crippen LogP contribution in [0.3, 0.4) is 0 Å². The lowest BCUT2D eigenvalue weighted by Gasteiger charge is -2.40. The fourth-order valence-electron chi connectivity index (χ4n) is 3.79. The number of nitrogens with zero attached hydrogens (tertiary/aromatic N) is 1. The lowest BCUT2D eigenvalue weighted by atomic mass is 9.79. The number of ether oxygens (including phenoxy) is 2. The molecule has 1 aliphatic carbocycles. The third kappa shape index (κ3) is 6.33. The molecule has 150 valence electrons. The molecule has 0 aromatic heterocycles. The summed E-state index contributed by atoms with van der Waals surface area (Å²) < 4.78 is 9.59. The predicted molar refractivity (Wildman–Crippen MR) is 104 cm³/mol. The summed E-state index contributed by atoms with van der Waals surface area (Å²) in [6.45, 7) is 1.77. The summed E-state index contributed by atoms with van der Waals surface area (Å²) >= 11 is 0. The lowest BCUT2D eigenvalue weighted by Crippen LogP contribution is -2.54. The van der Waals surface area contributed by atoms with Gasteiger partial charge in [-0.05, 0) is 50.6 Å². The van der Waals surface area contributed by atoms with E-state index in [4.69, 9.17) is 15.2 Å². The van der Waals surface area contributed by atoms with Gasteiger partial charge in [0, 0.05) is 19.0 Å². The van der Waals surface area contributed by atoms with Crippen LogP contribution < -0.4 is 5.73 Å². The van der Waals surface area contributed by atoms with Crippen LogP contribution in [0.4, 0.5) is 0 Å². The number of hydrogen-bond acceptors (Lipinski definition) is 6. The van der Waals surface area contributed by atoms with Crippen molar-refractivity contribution in [3.63, 3.8) is 0 Å². The first-order chi connectivity index (χ1) is 13.0. The molecule has 0 aliphatic heterocycles. The van der Waals surface area contributed by atoms with Crippen molar-refractivity contribution in [2.75, 3.05) is 20.8 Å². The maximum absolute atomic E-state index is 12.0. The van der Waals surface area contributed by atoms with Gasteiger partial charge in [0.15, 0.2) is 0 Å². The van der Waals surface area contributed by atoms with Gasteiger partial charge in [-0.2, -0.15) is 0 Å². The molecule has 0 spiro atoms. The van der Waals surface area contributed by atoms with E-state index in [-0.39, 0.29) is 11.9 Å². The Bertz CT molecular complexity index is 597. The van der Waals surface area contributed by atoms with Crippen LogP contribution in [0.15, 0.2) is 30.3 Å². The number of esters is 2. The molecule has 6 nitrogen and oxygen atoms in total. The molecule has 0 amide bonds. The molecular weight excluding hydrogens is 344 g/mol. The van der Waals surface area contributed by atoms with Crippen molar-refractivity contribution in [3.8, 4) is 0 Å². The standard InChI is InChI=1S/C21H32N2O4/c1-26-19(24)10-6-7-15-23(16-17-8-4-3-5-9-17)18-11-13-21(22,14-12-18)20(25)27-2/h3-5,8-9,18H,6-7,10-16,22H2,1-2H3. The van der Waals surface area contributed by atoms with Crippen molar-refractivity contribution in [3.05, 3.63) is 35.9 Å². The fraction of sp³-hybridized carbons (Fsp3) is 0.619. The molecule has 0 atom stereocenters. The van der Waals surface area contributed by atoms with E-state index < -0.39 is 5.54 Å². The molecule has 1 aliphatic rings. The first-order valence-corrected chi connectivity index (χ1v) is 9.70. The molecule has 27 heavy (non-hydrogen) atoms. The molecule has 2 N–H and O–H groups in total. The molecule has 0 bridgehead atoms. The first kappa shape index (κ1) is 21.4. The summed E-state index contributed by atoms with van der Waals surface area (Å²) in [7, 11) is 2.82. The molecule has 0 saturated heterocycles. The molecule has 6 heteroatoms. The summed E-state index contributed by atoms with van der Waals surface area (Å²) in [6.07, 6.45) is 5.21. The SMILES string of the molecule is COC(=O)CCCCN(Cc1ccccc1)C1CCC(N)(C(=O)OC)CC1. The molecule has 1 fully saturated rings. The Morgan fingerprint density at radius 3 is 2.37 bits per heavy atom. The molecule has 1 saturated carbocycles. The number of nitrogens with two attached hydrogens (primary N) is 1. The minimum Gasteiger partial charge on any atom is -0.469 e. The van der Waals surface area contributed by atoms with Gasteiger partial charge < -0.3 is 15.2 Å².